The van der Waals surface area contributed by atoms with Crippen molar-refractivity contribution >= 4 is 15.9 Å². The Morgan fingerprint density at radius 1 is 1.36 bits per heavy atom. The van der Waals surface area contributed by atoms with Crippen LogP contribution in [0.3, 0.4) is 0 Å². The van der Waals surface area contributed by atoms with Gasteiger partial charge in [0.05, 0.1) is 11.5 Å². The molecule has 12 heteroatoms. The summed E-state index contributed by atoms with van der Waals surface area (Å²) >= 11 is 0. The maximum Gasteiger partial charge on any atom is 0.534 e. The van der Waals surface area contributed by atoms with Crippen LogP contribution < -0.4 is 9.50 Å². The maximum absolute atomic E-state index is 13.8. The second-order valence-corrected chi connectivity index (χ2v) is 6.86. The fraction of sp³-hybridized carbons (Fsp3) is 0.538. The second-order valence-electron chi connectivity index (χ2n) is 5.32. The Balaban J connectivity index is 2.15. The summed E-state index contributed by atoms with van der Waals surface area (Å²) in [6.07, 6.45) is 0.771. The second kappa shape index (κ2) is 7.01. The summed E-state index contributed by atoms with van der Waals surface area (Å²) in [5.41, 5.74) is -6.48. The van der Waals surface area contributed by atoms with E-state index in [1.54, 1.807) is 0 Å². The van der Waals surface area contributed by atoms with E-state index in [0.717, 1.165) is 0 Å². The minimum Gasteiger partial charge on any atom is -0.381 e. The first-order valence-electron chi connectivity index (χ1n) is 6.99. The van der Waals surface area contributed by atoms with Crippen molar-refractivity contribution in [1.29, 1.82) is 5.26 Å². The van der Waals surface area contributed by atoms with Gasteiger partial charge in [-0.05, 0) is 18.9 Å². The zero-order valence-electron chi connectivity index (χ0n) is 12.6. The Bertz CT molecular complexity index is 770. The molecule has 2 rings (SSSR count). The van der Waals surface area contributed by atoms with Gasteiger partial charge in [0, 0.05) is 25.8 Å². The topological polar surface area (TPSA) is 101 Å². The van der Waals surface area contributed by atoms with Crippen LogP contribution in [0.5, 0.6) is 5.88 Å². The molecule has 0 bridgehead atoms. The van der Waals surface area contributed by atoms with Crippen molar-refractivity contribution in [1.82, 2.24) is 4.98 Å². The zero-order valence-corrected chi connectivity index (χ0v) is 13.5. The molecule has 2 heterocycles. The van der Waals surface area contributed by atoms with Crippen LogP contribution >= 0.6 is 0 Å². The van der Waals surface area contributed by atoms with E-state index in [4.69, 9.17) is 4.74 Å². The van der Waals surface area contributed by atoms with E-state index in [-0.39, 0.29) is 6.54 Å². The van der Waals surface area contributed by atoms with E-state index in [2.05, 4.69) is 20.6 Å². The number of rotatable bonds is 5. The lowest BCUT2D eigenvalue weighted by Crippen LogP contribution is -2.35. The lowest BCUT2D eigenvalue weighted by Gasteiger charge is -2.30. The summed E-state index contributed by atoms with van der Waals surface area (Å²) in [6, 6.07) is 3.47. The number of nitrogens with one attached hydrogen (secondary N) is 1. The molecular weight excluding hydrogens is 370 g/mol. The van der Waals surface area contributed by atoms with E-state index < -0.39 is 38.6 Å². The van der Waals surface area contributed by atoms with E-state index in [0.29, 0.717) is 38.2 Å². The Morgan fingerprint density at radius 2 is 2.00 bits per heavy atom. The van der Waals surface area contributed by atoms with Crippen LogP contribution in [0, 0.1) is 22.6 Å². The summed E-state index contributed by atoms with van der Waals surface area (Å²) < 4.78 is 81.6. The Hall–Kier alpha value is -2.13. The van der Waals surface area contributed by atoms with Crippen LogP contribution in [-0.4, -0.2) is 38.7 Å². The smallest absolute Gasteiger partial charge is 0.381 e. The third-order valence-electron chi connectivity index (χ3n) is 3.58. The first kappa shape index (κ1) is 19.2. The molecule has 25 heavy (non-hydrogen) atoms. The molecule has 1 saturated heterocycles. The van der Waals surface area contributed by atoms with Gasteiger partial charge in [0.2, 0.25) is 5.88 Å². The number of pyridine rings is 1. The molecule has 0 amide bonds. The molecule has 0 spiro atoms. The molecule has 0 unspecified atom stereocenters. The van der Waals surface area contributed by atoms with Gasteiger partial charge in [-0.3, -0.25) is 0 Å². The van der Waals surface area contributed by atoms with Gasteiger partial charge >= 0.3 is 15.6 Å². The Morgan fingerprint density at radius 3 is 2.56 bits per heavy atom. The number of ether oxygens (including phenoxy) is 1. The monoisotopic (exact) mass is 383 g/mol. The van der Waals surface area contributed by atoms with Gasteiger partial charge in [-0.15, -0.1) is 0 Å². The van der Waals surface area contributed by atoms with E-state index in [9.17, 15) is 31.2 Å². The number of hydrogen-bond donors (Lipinski definition) is 1. The van der Waals surface area contributed by atoms with Gasteiger partial charge in [-0.25, -0.2) is 4.39 Å². The SMILES string of the molecule is N#CC1(CNc2nc(OS(=O)(=O)C(F)(F)F)ccc2F)CCOCC1. The summed E-state index contributed by atoms with van der Waals surface area (Å²) in [4.78, 5) is 3.39. The lowest BCUT2D eigenvalue weighted by atomic mass is 9.82. The van der Waals surface area contributed by atoms with Gasteiger partial charge in [-0.2, -0.15) is 31.8 Å². The first-order chi connectivity index (χ1) is 11.6. The third kappa shape index (κ3) is 4.49. The molecule has 138 valence electrons. The molecule has 7 nitrogen and oxygen atoms in total. The largest absolute Gasteiger partial charge is 0.534 e. The normalized spacial score (nSPS) is 17.6. The van der Waals surface area contributed by atoms with Crippen molar-refractivity contribution in [3.8, 4) is 11.9 Å². The standard InChI is InChI=1S/C13H13F4N3O4S/c14-9-1-2-10(24-25(21,22)13(15,16)17)20-11(9)19-8-12(7-18)3-5-23-6-4-12/h1-2H,3-6,8H2,(H,19,20). The van der Waals surface area contributed by atoms with Crippen LogP contribution in [0.25, 0.3) is 0 Å². The van der Waals surface area contributed by atoms with Crippen molar-refractivity contribution in [3.63, 3.8) is 0 Å². The minimum absolute atomic E-state index is 0.0355. The van der Waals surface area contributed by atoms with E-state index in [1.807, 2.05) is 0 Å². The number of aromatic nitrogens is 1. The molecule has 1 aliphatic heterocycles. The molecule has 0 aromatic carbocycles. The average molecular weight is 383 g/mol. The highest BCUT2D eigenvalue weighted by Crippen LogP contribution is 2.31. The summed E-state index contributed by atoms with van der Waals surface area (Å²) in [5, 5.41) is 11.8. The number of nitrogens with zero attached hydrogens (tertiary/aromatic N) is 2. The predicted molar refractivity (Wildman–Crippen MR) is 76.4 cm³/mol. The number of anilines is 1. The van der Waals surface area contributed by atoms with Crippen LogP contribution in [0.4, 0.5) is 23.4 Å². The van der Waals surface area contributed by atoms with Crippen LogP contribution in [0.2, 0.25) is 0 Å². The van der Waals surface area contributed by atoms with Crippen molar-refractivity contribution in [2.24, 2.45) is 5.41 Å². The minimum atomic E-state index is -5.91. The van der Waals surface area contributed by atoms with Gasteiger partial charge < -0.3 is 14.2 Å². The summed E-state index contributed by atoms with van der Waals surface area (Å²) in [7, 11) is -5.91. The molecule has 1 N–H and O–H groups in total. The van der Waals surface area contributed by atoms with Gasteiger partial charge in [0.15, 0.2) is 11.6 Å². The number of alkyl halides is 3. The summed E-state index contributed by atoms with van der Waals surface area (Å²) in [6.45, 7) is 0.655. The quantitative estimate of drug-likeness (QED) is 0.472. The van der Waals surface area contributed by atoms with E-state index >= 15 is 0 Å². The van der Waals surface area contributed by atoms with Crippen molar-refractivity contribution in [2.75, 3.05) is 25.1 Å². The van der Waals surface area contributed by atoms with E-state index in [1.165, 1.54) is 0 Å². The molecule has 1 aromatic rings. The molecule has 0 atom stereocenters. The van der Waals surface area contributed by atoms with Gasteiger partial charge in [-0.1, -0.05) is 0 Å². The van der Waals surface area contributed by atoms with Crippen LogP contribution in [0.1, 0.15) is 12.8 Å². The van der Waals surface area contributed by atoms with Gasteiger partial charge in [0.25, 0.3) is 0 Å². The Kier molecular flexibility index (Phi) is 5.38. The fourth-order valence-corrected chi connectivity index (χ4v) is 2.51. The third-order valence-corrected chi connectivity index (χ3v) is 4.54. The van der Waals surface area contributed by atoms with Gasteiger partial charge in [0.1, 0.15) is 0 Å². The lowest BCUT2D eigenvalue weighted by molar-refractivity contribution is -0.0501. The highest BCUT2D eigenvalue weighted by molar-refractivity contribution is 7.87. The zero-order chi connectivity index (χ0) is 18.7. The summed E-state index contributed by atoms with van der Waals surface area (Å²) in [5.74, 6) is -2.40. The molecule has 1 aromatic heterocycles. The number of nitriles is 1. The van der Waals surface area contributed by atoms with Crippen LogP contribution in [0.15, 0.2) is 12.1 Å². The molecule has 0 aliphatic carbocycles. The molecule has 0 radical (unpaired) electrons. The fourth-order valence-electron chi connectivity index (χ4n) is 2.10. The van der Waals surface area contributed by atoms with Crippen LogP contribution in [-0.2, 0) is 14.9 Å². The molecule has 1 aliphatic rings. The maximum atomic E-state index is 13.8. The molecular formula is C13H13F4N3O4S. The predicted octanol–water partition coefficient (Wildman–Crippen LogP) is 2.18. The van der Waals surface area contributed by atoms with Crippen molar-refractivity contribution in [3.05, 3.63) is 17.9 Å². The highest BCUT2D eigenvalue weighted by Gasteiger charge is 2.49. The average Bonchev–Trinajstić information content (AvgIpc) is 2.55. The number of halogens is 4. The Labute approximate surface area is 140 Å². The van der Waals surface area contributed by atoms with Crippen molar-refractivity contribution < 1.29 is 34.9 Å². The molecule has 1 fully saturated rings. The first-order valence-corrected chi connectivity index (χ1v) is 8.40. The number of hydrogen-bond acceptors (Lipinski definition) is 7. The molecule has 0 saturated carbocycles. The highest BCUT2D eigenvalue weighted by atomic mass is 32.2. The van der Waals surface area contributed by atoms with Crippen molar-refractivity contribution in [2.45, 2.75) is 18.3 Å².